The van der Waals surface area contributed by atoms with Crippen LogP contribution < -0.4 is 15.8 Å². The minimum Gasteiger partial charge on any atom is -0.398 e. The summed E-state index contributed by atoms with van der Waals surface area (Å²) in [7, 11) is -2.18. The average molecular weight is 296 g/mol. The third-order valence-corrected chi connectivity index (χ3v) is 4.21. The molecule has 0 atom stereocenters. The van der Waals surface area contributed by atoms with Crippen molar-refractivity contribution in [2.75, 3.05) is 24.6 Å². The molecule has 8 nitrogen and oxygen atoms in total. The Balaban J connectivity index is 2.02. The molecule has 1 aromatic carbocycles. The van der Waals surface area contributed by atoms with Crippen LogP contribution in [-0.2, 0) is 16.4 Å². The molecule has 0 unspecified atom stereocenters. The summed E-state index contributed by atoms with van der Waals surface area (Å²) in [5.41, 5.74) is 6.71. The Labute approximate surface area is 116 Å². The molecule has 2 rings (SSSR count). The number of hydrogen-bond acceptors (Lipinski definition) is 6. The van der Waals surface area contributed by atoms with E-state index in [4.69, 9.17) is 5.73 Å². The van der Waals surface area contributed by atoms with Crippen LogP contribution in [0.3, 0.4) is 0 Å². The monoisotopic (exact) mass is 296 g/mol. The van der Waals surface area contributed by atoms with Gasteiger partial charge in [-0.3, -0.25) is 5.10 Å². The first kappa shape index (κ1) is 14.3. The van der Waals surface area contributed by atoms with E-state index in [0.29, 0.717) is 13.0 Å². The summed E-state index contributed by atoms with van der Waals surface area (Å²) in [4.78, 5) is 4.07. The van der Waals surface area contributed by atoms with E-state index in [2.05, 4.69) is 25.2 Å². The lowest BCUT2D eigenvalue weighted by Crippen LogP contribution is -2.20. The molecule has 1 aromatic heterocycles. The van der Waals surface area contributed by atoms with Crippen LogP contribution in [-0.4, -0.2) is 37.2 Å². The second kappa shape index (κ2) is 5.88. The molecule has 9 heteroatoms. The van der Waals surface area contributed by atoms with Crippen molar-refractivity contribution >= 4 is 21.4 Å². The number of aromatic amines is 1. The third kappa shape index (κ3) is 3.25. The van der Waals surface area contributed by atoms with Gasteiger partial charge in [-0.15, -0.1) is 0 Å². The van der Waals surface area contributed by atoms with E-state index in [1.165, 1.54) is 19.4 Å². The van der Waals surface area contributed by atoms with Crippen molar-refractivity contribution in [1.29, 1.82) is 0 Å². The van der Waals surface area contributed by atoms with Gasteiger partial charge in [0.05, 0.1) is 5.69 Å². The third-order valence-electron chi connectivity index (χ3n) is 2.72. The lowest BCUT2D eigenvalue weighted by Gasteiger charge is -2.10. The molecule has 1 heterocycles. The minimum absolute atomic E-state index is 0.0702. The van der Waals surface area contributed by atoms with Gasteiger partial charge < -0.3 is 11.1 Å². The molecule has 20 heavy (non-hydrogen) atoms. The highest BCUT2D eigenvalue weighted by Crippen LogP contribution is 2.22. The molecular weight excluding hydrogens is 280 g/mol. The molecule has 0 saturated carbocycles. The smallest absolute Gasteiger partial charge is 0.242 e. The fourth-order valence-corrected chi connectivity index (χ4v) is 2.53. The van der Waals surface area contributed by atoms with Crippen LogP contribution in [0.1, 0.15) is 5.82 Å². The molecule has 0 aliphatic heterocycles. The first-order chi connectivity index (χ1) is 9.53. The van der Waals surface area contributed by atoms with Gasteiger partial charge in [0.15, 0.2) is 0 Å². The van der Waals surface area contributed by atoms with Gasteiger partial charge in [0.25, 0.3) is 0 Å². The zero-order valence-corrected chi connectivity index (χ0v) is 11.7. The van der Waals surface area contributed by atoms with E-state index < -0.39 is 10.0 Å². The topological polar surface area (TPSA) is 126 Å². The fourth-order valence-electron chi connectivity index (χ4n) is 1.69. The van der Waals surface area contributed by atoms with Gasteiger partial charge in [-0.1, -0.05) is 0 Å². The number of nitrogens with one attached hydrogen (secondary N) is 3. The van der Waals surface area contributed by atoms with E-state index in [1.807, 2.05) is 0 Å². The van der Waals surface area contributed by atoms with Gasteiger partial charge in [0, 0.05) is 18.7 Å². The van der Waals surface area contributed by atoms with Crippen molar-refractivity contribution < 1.29 is 8.42 Å². The zero-order chi connectivity index (χ0) is 14.6. The quantitative estimate of drug-likeness (QED) is 0.554. The summed E-state index contributed by atoms with van der Waals surface area (Å²) >= 11 is 0. The lowest BCUT2D eigenvalue weighted by atomic mass is 10.2. The van der Waals surface area contributed by atoms with Crippen LogP contribution in [0.4, 0.5) is 11.4 Å². The number of rotatable bonds is 6. The molecule has 5 N–H and O–H groups in total. The van der Waals surface area contributed by atoms with Crippen molar-refractivity contribution in [1.82, 2.24) is 19.9 Å². The predicted molar refractivity (Wildman–Crippen MR) is 75.7 cm³/mol. The molecule has 0 radical (unpaired) electrons. The summed E-state index contributed by atoms with van der Waals surface area (Å²) in [6, 6.07) is 4.73. The van der Waals surface area contributed by atoms with Crippen molar-refractivity contribution in [2.24, 2.45) is 0 Å². The molecule has 108 valence electrons. The number of sulfonamides is 1. The van der Waals surface area contributed by atoms with Gasteiger partial charge in [-0.25, -0.2) is 18.1 Å². The Bertz CT molecular complexity index is 668. The predicted octanol–water partition coefficient (Wildman–Crippen LogP) is -0.0504. The van der Waals surface area contributed by atoms with E-state index in [-0.39, 0.29) is 10.6 Å². The maximum absolute atomic E-state index is 11.7. The number of aromatic nitrogens is 3. The molecule has 0 bridgehead atoms. The largest absolute Gasteiger partial charge is 0.398 e. The zero-order valence-electron chi connectivity index (χ0n) is 10.9. The summed E-state index contributed by atoms with van der Waals surface area (Å²) in [6.07, 6.45) is 2.13. The first-order valence-corrected chi connectivity index (χ1v) is 7.42. The second-order valence-corrected chi connectivity index (χ2v) is 5.92. The van der Waals surface area contributed by atoms with Crippen LogP contribution >= 0.6 is 0 Å². The van der Waals surface area contributed by atoms with Crippen molar-refractivity contribution in [3.8, 4) is 0 Å². The molecule has 0 aliphatic carbocycles. The second-order valence-electron chi connectivity index (χ2n) is 4.07. The molecule has 0 aliphatic rings. The summed E-state index contributed by atoms with van der Waals surface area (Å²) < 4.78 is 25.6. The van der Waals surface area contributed by atoms with Crippen LogP contribution in [0.25, 0.3) is 0 Å². The van der Waals surface area contributed by atoms with Gasteiger partial charge in [-0.05, 0) is 25.2 Å². The van der Waals surface area contributed by atoms with Crippen LogP contribution in [0.2, 0.25) is 0 Å². The fraction of sp³-hybridized carbons (Fsp3) is 0.273. The number of nitrogens with two attached hydrogens (primary N) is 1. The number of nitrogens with zero attached hydrogens (tertiary/aromatic N) is 2. The van der Waals surface area contributed by atoms with Gasteiger partial charge in [0.2, 0.25) is 10.0 Å². The Morgan fingerprint density at radius 1 is 1.40 bits per heavy atom. The highest BCUT2D eigenvalue weighted by molar-refractivity contribution is 7.89. The van der Waals surface area contributed by atoms with Crippen LogP contribution in [0.5, 0.6) is 0 Å². The number of benzene rings is 1. The summed E-state index contributed by atoms with van der Waals surface area (Å²) in [6.45, 7) is 0.632. The number of nitrogen functional groups attached to an aromatic ring is 1. The molecule has 0 fully saturated rings. The SMILES string of the molecule is CNS(=O)(=O)c1ccc(NCCc2ncn[nH]2)cc1N. The number of anilines is 2. The highest BCUT2D eigenvalue weighted by Gasteiger charge is 2.15. The lowest BCUT2D eigenvalue weighted by molar-refractivity contribution is 0.588. The Hall–Kier alpha value is -2.13. The maximum atomic E-state index is 11.7. The Kier molecular flexibility index (Phi) is 4.20. The highest BCUT2D eigenvalue weighted by atomic mass is 32.2. The minimum atomic E-state index is -3.53. The molecule has 2 aromatic rings. The van der Waals surface area contributed by atoms with Gasteiger partial charge >= 0.3 is 0 Å². The van der Waals surface area contributed by atoms with Crippen molar-refractivity contribution in [3.63, 3.8) is 0 Å². The summed E-state index contributed by atoms with van der Waals surface area (Å²) in [5.74, 6) is 0.778. The van der Waals surface area contributed by atoms with Crippen molar-refractivity contribution in [2.45, 2.75) is 11.3 Å². The van der Waals surface area contributed by atoms with Crippen molar-refractivity contribution in [3.05, 3.63) is 30.4 Å². The first-order valence-electron chi connectivity index (χ1n) is 5.94. The molecule has 0 amide bonds. The normalized spacial score (nSPS) is 11.4. The van der Waals surface area contributed by atoms with Gasteiger partial charge in [-0.2, -0.15) is 5.10 Å². The molecule has 0 saturated heterocycles. The number of hydrogen-bond donors (Lipinski definition) is 4. The van der Waals surface area contributed by atoms with E-state index >= 15 is 0 Å². The van der Waals surface area contributed by atoms with Crippen LogP contribution in [0, 0.1) is 0 Å². The standard InChI is InChI=1S/C11H16N6O2S/c1-13-20(18,19)10-3-2-8(6-9(10)12)14-5-4-11-15-7-16-17-11/h2-3,6-7,13-14H,4-5,12H2,1H3,(H,15,16,17). The average Bonchev–Trinajstić information content (AvgIpc) is 2.92. The summed E-state index contributed by atoms with van der Waals surface area (Å²) in [5, 5.41) is 9.65. The molecular formula is C11H16N6O2S. The van der Waals surface area contributed by atoms with E-state index in [9.17, 15) is 8.42 Å². The van der Waals surface area contributed by atoms with E-state index in [1.54, 1.807) is 12.1 Å². The molecule has 0 spiro atoms. The van der Waals surface area contributed by atoms with Gasteiger partial charge in [0.1, 0.15) is 17.0 Å². The van der Waals surface area contributed by atoms with E-state index in [0.717, 1.165) is 11.5 Å². The maximum Gasteiger partial charge on any atom is 0.242 e. The Morgan fingerprint density at radius 2 is 2.20 bits per heavy atom. The van der Waals surface area contributed by atoms with Crippen LogP contribution in [0.15, 0.2) is 29.4 Å². The Morgan fingerprint density at radius 3 is 2.80 bits per heavy atom. The number of H-pyrrole nitrogens is 1.